The number of hydrogen-bond donors (Lipinski definition) is 2. The summed E-state index contributed by atoms with van der Waals surface area (Å²) in [5.41, 5.74) is 8.69. The zero-order valence-electron chi connectivity index (χ0n) is 23.1. The van der Waals surface area contributed by atoms with E-state index in [1.54, 1.807) is 12.2 Å². The Kier molecular flexibility index (Phi) is 5.65. The summed E-state index contributed by atoms with van der Waals surface area (Å²) in [6.07, 6.45) is 3.45. The summed E-state index contributed by atoms with van der Waals surface area (Å²) in [5, 5.41) is 17.5. The molecule has 2 aliphatic rings. The van der Waals surface area contributed by atoms with Crippen LogP contribution >= 0.6 is 0 Å². The molecule has 1 aliphatic heterocycles. The van der Waals surface area contributed by atoms with Gasteiger partial charge in [0.2, 0.25) is 0 Å². The molecule has 198 valence electrons. The number of rotatable bonds is 4. The topological polar surface area (TPSA) is 56.9 Å². The van der Waals surface area contributed by atoms with E-state index < -0.39 is 5.41 Å². The van der Waals surface area contributed by atoms with E-state index in [-0.39, 0.29) is 5.41 Å². The molecule has 0 saturated carbocycles. The van der Waals surface area contributed by atoms with Crippen LogP contribution in [0.25, 0.3) is 0 Å². The monoisotopic (exact) mass is 530 g/mol. The van der Waals surface area contributed by atoms with Crippen LogP contribution in [0.15, 0.2) is 133 Å². The van der Waals surface area contributed by atoms with E-state index in [0.29, 0.717) is 11.4 Å². The second-order valence-electron chi connectivity index (χ2n) is 11.3. The van der Waals surface area contributed by atoms with Crippen molar-refractivity contribution in [1.29, 1.82) is 10.8 Å². The molecule has 0 atom stereocenters. The zero-order chi connectivity index (χ0) is 28.2. The van der Waals surface area contributed by atoms with Crippen molar-refractivity contribution in [3.8, 4) is 11.5 Å². The Morgan fingerprint density at radius 3 is 1.63 bits per heavy atom. The number of benzene rings is 5. The Labute approximate surface area is 240 Å². The summed E-state index contributed by atoms with van der Waals surface area (Å²) >= 11 is 0. The smallest absolute Gasteiger partial charge is 0.132 e. The largest absolute Gasteiger partial charge is 0.457 e. The van der Waals surface area contributed by atoms with Gasteiger partial charge in [-0.2, -0.15) is 0 Å². The van der Waals surface area contributed by atoms with Crippen LogP contribution in [0.4, 0.5) is 0 Å². The highest BCUT2D eigenvalue weighted by Gasteiger charge is 2.52. The van der Waals surface area contributed by atoms with Crippen molar-refractivity contribution in [2.45, 2.75) is 24.7 Å². The Bertz CT molecular complexity index is 1830. The number of ether oxygens (including phenoxy) is 1. The van der Waals surface area contributed by atoms with E-state index in [2.05, 4.69) is 92.7 Å². The molecule has 3 nitrogen and oxygen atoms in total. The number of fused-ring (bicyclic) bond motifs is 8. The molecular weight excluding hydrogens is 500 g/mol. The minimum Gasteiger partial charge on any atom is -0.457 e. The van der Waals surface area contributed by atoms with Gasteiger partial charge >= 0.3 is 0 Å². The highest BCUT2D eigenvalue weighted by atomic mass is 16.5. The zero-order valence-corrected chi connectivity index (χ0v) is 23.1. The lowest BCUT2D eigenvalue weighted by Crippen LogP contribution is -2.43. The Balaban J connectivity index is 1.48. The van der Waals surface area contributed by atoms with E-state index in [1.807, 2.05) is 42.5 Å². The van der Waals surface area contributed by atoms with E-state index in [9.17, 15) is 0 Å². The molecule has 0 amide bonds. The standard InChI is InChI=1S/C38H30N2O/c1-37(2)27-14-6-7-15-29(27)38(30-16-8-10-18-35(30)41-36-19-11-9-17-31(36)38)32-24-26(20-21-28(32)37)34(40)23-22-33(39)25-12-4-3-5-13-25/h3-24,39-40H,1-2H3/b23-22-,39-33?,40-34?. The fraction of sp³-hybridized carbons (Fsp3) is 0.105. The van der Waals surface area contributed by atoms with Gasteiger partial charge in [0.25, 0.3) is 0 Å². The molecular formula is C38H30N2O. The predicted octanol–water partition coefficient (Wildman–Crippen LogP) is 8.81. The lowest BCUT2D eigenvalue weighted by atomic mass is 9.53. The molecule has 0 fully saturated rings. The number of allylic oxidation sites excluding steroid dienone is 2. The van der Waals surface area contributed by atoms with Crippen LogP contribution in [0.5, 0.6) is 11.5 Å². The van der Waals surface area contributed by atoms with Gasteiger partial charge in [-0.25, -0.2) is 0 Å². The van der Waals surface area contributed by atoms with Crippen molar-refractivity contribution in [1.82, 2.24) is 0 Å². The van der Waals surface area contributed by atoms with Crippen molar-refractivity contribution in [3.63, 3.8) is 0 Å². The van der Waals surface area contributed by atoms with Gasteiger partial charge in [-0.3, -0.25) is 0 Å². The molecule has 0 aromatic heterocycles. The fourth-order valence-corrected chi connectivity index (χ4v) is 6.76. The lowest BCUT2D eigenvalue weighted by Gasteiger charge is -2.50. The van der Waals surface area contributed by atoms with Crippen LogP contribution in [-0.4, -0.2) is 11.4 Å². The minimum absolute atomic E-state index is 0.245. The van der Waals surface area contributed by atoms with Crippen LogP contribution in [0, 0.1) is 10.8 Å². The van der Waals surface area contributed by atoms with Crippen molar-refractivity contribution < 1.29 is 4.74 Å². The van der Waals surface area contributed by atoms with Crippen molar-refractivity contribution >= 4 is 11.4 Å². The molecule has 5 aromatic rings. The van der Waals surface area contributed by atoms with Crippen LogP contribution in [-0.2, 0) is 10.8 Å². The van der Waals surface area contributed by atoms with Crippen LogP contribution in [0.2, 0.25) is 0 Å². The average Bonchev–Trinajstić information content (AvgIpc) is 3.02. The summed E-state index contributed by atoms with van der Waals surface area (Å²) < 4.78 is 6.49. The molecule has 2 N–H and O–H groups in total. The maximum atomic E-state index is 9.03. The number of para-hydroxylation sites is 2. The molecule has 1 heterocycles. The van der Waals surface area contributed by atoms with Gasteiger partial charge in [0.1, 0.15) is 11.5 Å². The maximum Gasteiger partial charge on any atom is 0.132 e. The molecule has 0 radical (unpaired) electrons. The van der Waals surface area contributed by atoms with Crippen molar-refractivity contribution in [2.75, 3.05) is 0 Å². The van der Waals surface area contributed by atoms with E-state index in [4.69, 9.17) is 15.6 Å². The fourth-order valence-electron chi connectivity index (χ4n) is 6.76. The van der Waals surface area contributed by atoms with Gasteiger partial charge in [0.15, 0.2) is 0 Å². The van der Waals surface area contributed by atoms with Crippen LogP contribution < -0.4 is 4.74 Å². The second-order valence-corrected chi connectivity index (χ2v) is 11.3. The lowest BCUT2D eigenvalue weighted by molar-refractivity contribution is 0.425. The Hall–Kier alpha value is -5.02. The number of hydrogen-bond acceptors (Lipinski definition) is 3. The molecule has 0 saturated heterocycles. The van der Waals surface area contributed by atoms with Crippen LogP contribution in [0.3, 0.4) is 0 Å². The first-order chi connectivity index (χ1) is 19.9. The molecule has 41 heavy (non-hydrogen) atoms. The molecule has 3 heteroatoms. The molecule has 5 aromatic carbocycles. The second kappa shape index (κ2) is 9.28. The third-order valence-corrected chi connectivity index (χ3v) is 8.72. The Morgan fingerprint density at radius 2 is 1.00 bits per heavy atom. The van der Waals surface area contributed by atoms with Crippen molar-refractivity contribution in [3.05, 3.63) is 178 Å². The average molecular weight is 531 g/mol. The third-order valence-electron chi connectivity index (χ3n) is 8.72. The SMILES string of the molecule is CC1(C)c2ccccc2C2(c3ccccc3Oc3ccccc32)c2cc(C(=N)/C=C\C(=N)c3ccccc3)ccc21. The first-order valence-corrected chi connectivity index (χ1v) is 13.9. The molecule has 0 unspecified atom stereocenters. The normalized spacial score (nSPS) is 15.3. The van der Waals surface area contributed by atoms with E-state index >= 15 is 0 Å². The highest BCUT2D eigenvalue weighted by Crippen LogP contribution is 2.61. The molecule has 1 spiro atoms. The first-order valence-electron chi connectivity index (χ1n) is 13.9. The summed E-state index contributed by atoms with van der Waals surface area (Å²) in [6.45, 7) is 4.58. The molecule has 7 rings (SSSR count). The first kappa shape index (κ1) is 25.0. The van der Waals surface area contributed by atoms with Gasteiger partial charge in [-0.1, -0.05) is 117 Å². The summed E-state index contributed by atoms with van der Waals surface area (Å²) in [5.74, 6) is 1.70. The predicted molar refractivity (Wildman–Crippen MR) is 166 cm³/mol. The van der Waals surface area contributed by atoms with Gasteiger partial charge in [0, 0.05) is 16.5 Å². The van der Waals surface area contributed by atoms with Crippen LogP contribution in [0.1, 0.15) is 58.4 Å². The Morgan fingerprint density at radius 1 is 0.512 bits per heavy atom. The van der Waals surface area contributed by atoms with Gasteiger partial charge < -0.3 is 15.6 Å². The summed E-state index contributed by atoms with van der Waals surface area (Å²) in [6, 6.07) is 41.6. The molecule has 0 bridgehead atoms. The summed E-state index contributed by atoms with van der Waals surface area (Å²) in [4.78, 5) is 0. The quantitative estimate of drug-likeness (QED) is 0.220. The maximum absolute atomic E-state index is 9.03. The minimum atomic E-state index is -0.608. The number of nitrogens with one attached hydrogen (secondary N) is 2. The van der Waals surface area contributed by atoms with E-state index in [0.717, 1.165) is 39.3 Å². The van der Waals surface area contributed by atoms with Crippen molar-refractivity contribution in [2.24, 2.45) is 0 Å². The third kappa shape index (κ3) is 3.66. The molecule has 1 aliphatic carbocycles. The highest BCUT2D eigenvalue weighted by molar-refractivity contribution is 6.14. The van der Waals surface area contributed by atoms with Gasteiger partial charge in [0.05, 0.1) is 16.8 Å². The van der Waals surface area contributed by atoms with E-state index in [1.165, 1.54) is 16.7 Å². The summed E-state index contributed by atoms with van der Waals surface area (Å²) in [7, 11) is 0. The van der Waals surface area contributed by atoms with Gasteiger partial charge in [-0.05, 0) is 63.7 Å². The van der Waals surface area contributed by atoms with Gasteiger partial charge in [-0.15, -0.1) is 0 Å².